The van der Waals surface area contributed by atoms with Gasteiger partial charge in [-0.1, -0.05) is 29.8 Å². The van der Waals surface area contributed by atoms with Crippen molar-refractivity contribution in [2.75, 3.05) is 4.90 Å². The van der Waals surface area contributed by atoms with Crippen molar-refractivity contribution in [3.8, 4) is 5.69 Å². The highest BCUT2D eigenvalue weighted by Gasteiger charge is 2.35. The van der Waals surface area contributed by atoms with Crippen LogP contribution < -0.4 is 10.2 Å². The van der Waals surface area contributed by atoms with Crippen molar-refractivity contribution in [2.24, 2.45) is 0 Å². The van der Waals surface area contributed by atoms with Gasteiger partial charge in [-0.05, 0) is 80.5 Å². The number of hydrogen-bond acceptors (Lipinski definition) is 3. The quantitative estimate of drug-likeness (QED) is 0.396. The summed E-state index contributed by atoms with van der Waals surface area (Å²) < 4.78 is 1.93. The number of hydrogen-bond donors (Lipinski definition) is 1. The van der Waals surface area contributed by atoms with Gasteiger partial charge < -0.3 is 4.57 Å². The lowest BCUT2D eigenvalue weighted by atomic mass is 10.0. The van der Waals surface area contributed by atoms with Gasteiger partial charge in [-0.2, -0.15) is 0 Å². The monoisotopic (exact) mass is 415 g/mol. The van der Waals surface area contributed by atoms with Gasteiger partial charge in [0, 0.05) is 17.6 Å². The summed E-state index contributed by atoms with van der Waals surface area (Å²) in [5.74, 6) is -0.933. The first kappa shape index (κ1) is 19.8. The molecule has 2 amide bonds. The van der Waals surface area contributed by atoms with Crippen LogP contribution in [0.5, 0.6) is 0 Å². The van der Waals surface area contributed by atoms with Crippen LogP contribution in [-0.2, 0) is 9.59 Å². The SMILES string of the molecule is Cc1ccc(-n2cccc2/C=C2\C(=O)NC(=S)N(c3cccc(C)c3C)C2=O)cc1. The zero-order valence-electron chi connectivity index (χ0n) is 17.0. The molecular formula is C24H21N3O2S. The molecule has 0 saturated carbocycles. The Balaban J connectivity index is 1.77. The van der Waals surface area contributed by atoms with Crippen LogP contribution in [0.4, 0.5) is 5.69 Å². The van der Waals surface area contributed by atoms with Crippen molar-refractivity contribution in [1.29, 1.82) is 0 Å². The molecule has 0 aliphatic carbocycles. The molecule has 3 aromatic rings. The van der Waals surface area contributed by atoms with E-state index in [0.29, 0.717) is 5.69 Å². The summed E-state index contributed by atoms with van der Waals surface area (Å²) in [4.78, 5) is 27.4. The van der Waals surface area contributed by atoms with E-state index in [1.54, 1.807) is 6.08 Å². The molecule has 2 aromatic carbocycles. The van der Waals surface area contributed by atoms with Crippen LogP contribution in [0.1, 0.15) is 22.4 Å². The molecule has 1 aliphatic heterocycles. The fourth-order valence-electron chi connectivity index (χ4n) is 3.45. The molecule has 150 valence electrons. The Labute approximate surface area is 180 Å². The van der Waals surface area contributed by atoms with E-state index in [-0.39, 0.29) is 10.7 Å². The van der Waals surface area contributed by atoms with E-state index in [0.717, 1.165) is 28.1 Å². The van der Waals surface area contributed by atoms with Crippen LogP contribution >= 0.6 is 12.2 Å². The Bertz CT molecular complexity index is 1210. The van der Waals surface area contributed by atoms with Crippen molar-refractivity contribution in [2.45, 2.75) is 20.8 Å². The number of amides is 2. The molecule has 0 atom stereocenters. The number of benzene rings is 2. The Morgan fingerprint density at radius 2 is 1.67 bits per heavy atom. The zero-order valence-corrected chi connectivity index (χ0v) is 17.8. The van der Waals surface area contributed by atoms with Gasteiger partial charge in [0.15, 0.2) is 5.11 Å². The van der Waals surface area contributed by atoms with Gasteiger partial charge in [0.05, 0.1) is 5.69 Å². The fourth-order valence-corrected chi connectivity index (χ4v) is 3.73. The molecule has 30 heavy (non-hydrogen) atoms. The van der Waals surface area contributed by atoms with E-state index in [2.05, 4.69) is 5.32 Å². The first-order valence-electron chi connectivity index (χ1n) is 9.59. The molecule has 0 unspecified atom stereocenters. The highest BCUT2D eigenvalue weighted by Crippen LogP contribution is 2.27. The third-order valence-electron chi connectivity index (χ3n) is 5.30. The number of carbonyl (C=O) groups excluding carboxylic acids is 2. The molecule has 1 aliphatic rings. The molecule has 0 radical (unpaired) electrons. The van der Waals surface area contributed by atoms with Crippen molar-refractivity contribution in [3.63, 3.8) is 0 Å². The van der Waals surface area contributed by atoms with E-state index < -0.39 is 11.8 Å². The number of rotatable bonds is 3. The molecule has 1 fully saturated rings. The maximum atomic E-state index is 13.3. The van der Waals surface area contributed by atoms with Crippen molar-refractivity contribution < 1.29 is 9.59 Å². The zero-order chi connectivity index (χ0) is 21.4. The van der Waals surface area contributed by atoms with E-state index in [1.807, 2.05) is 86.1 Å². The summed E-state index contributed by atoms with van der Waals surface area (Å²) in [6, 6.07) is 17.5. The number of aryl methyl sites for hydroxylation is 2. The third kappa shape index (κ3) is 3.46. The summed E-state index contributed by atoms with van der Waals surface area (Å²) in [5, 5.41) is 2.74. The van der Waals surface area contributed by atoms with Gasteiger partial charge in [-0.3, -0.25) is 19.8 Å². The Morgan fingerprint density at radius 3 is 2.40 bits per heavy atom. The minimum Gasteiger partial charge on any atom is -0.317 e. The smallest absolute Gasteiger partial charge is 0.270 e. The number of anilines is 1. The largest absolute Gasteiger partial charge is 0.317 e. The van der Waals surface area contributed by atoms with Crippen LogP contribution in [0.2, 0.25) is 0 Å². The van der Waals surface area contributed by atoms with E-state index in [4.69, 9.17) is 12.2 Å². The number of aromatic nitrogens is 1. The van der Waals surface area contributed by atoms with Gasteiger partial charge >= 0.3 is 0 Å². The van der Waals surface area contributed by atoms with Crippen molar-refractivity contribution in [3.05, 3.63) is 88.8 Å². The summed E-state index contributed by atoms with van der Waals surface area (Å²) in [6.45, 7) is 5.93. The summed E-state index contributed by atoms with van der Waals surface area (Å²) in [7, 11) is 0. The van der Waals surface area contributed by atoms with Crippen molar-refractivity contribution >= 4 is 40.9 Å². The molecule has 2 heterocycles. The van der Waals surface area contributed by atoms with E-state index in [1.165, 1.54) is 4.90 Å². The molecule has 4 rings (SSSR count). The molecule has 0 spiro atoms. The molecular weight excluding hydrogens is 394 g/mol. The minimum atomic E-state index is -0.497. The maximum Gasteiger partial charge on any atom is 0.270 e. The molecule has 5 nitrogen and oxygen atoms in total. The second-order valence-corrected chi connectivity index (χ2v) is 7.70. The number of carbonyl (C=O) groups is 2. The minimum absolute atomic E-state index is 0.0385. The summed E-state index contributed by atoms with van der Waals surface area (Å²) >= 11 is 5.32. The highest BCUT2D eigenvalue weighted by atomic mass is 32.1. The number of nitrogens with zero attached hydrogens (tertiary/aromatic N) is 2. The molecule has 6 heteroatoms. The van der Waals surface area contributed by atoms with E-state index >= 15 is 0 Å². The Morgan fingerprint density at radius 1 is 0.933 bits per heavy atom. The summed E-state index contributed by atoms with van der Waals surface area (Å²) in [6.07, 6.45) is 3.51. The molecule has 1 saturated heterocycles. The summed E-state index contributed by atoms with van der Waals surface area (Å²) in [5.41, 5.74) is 5.52. The number of nitrogens with one attached hydrogen (secondary N) is 1. The lowest BCUT2D eigenvalue weighted by Crippen LogP contribution is -2.54. The first-order chi connectivity index (χ1) is 14.4. The maximum absolute atomic E-state index is 13.3. The second-order valence-electron chi connectivity index (χ2n) is 7.32. The molecule has 1 aromatic heterocycles. The van der Waals surface area contributed by atoms with Crippen LogP contribution in [0.25, 0.3) is 11.8 Å². The van der Waals surface area contributed by atoms with Crippen LogP contribution in [0.15, 0.2) is 66.4 Å². The second kappa shape index (κ2) is 7.72. The van der Waals surface area contributed by atoms with Crippen LogP contribution in [0.3, 0.4) is 0 Å². The lowest BCUT2D eigenvalue weighted by Gasteiger charge is -2.30. The van der Waals surface area contributed by atoms with Gasteiger partial charge in [-0.25, -0.2) is 0 Å². The topological polar surface area (TPSA) is 54.3 Å². The third-order valence-corrected chi connectivity index (χ3v) is 5.59. The fraction of sp³-hybridized carbons (Fsp3) is 0.125. The Hall–Kier alpha value is -3.51. The van der Waals surface area contributed by atoms with Gasteiger partial charge in [0.25, 0.3) is 11.8 Å². The normalized spacial score (nSPS) is 15.6. The highest BCUT2D eigenvalue weighted by molar-refractivity contribution is 7.80. The first-order valence-corrected chi connectivity index (χ1v) is 9.99. The van der Waals surface area contributed by atoms with Crippen molar-refractivity contribution in [1.82, 2.24) is 9.88 Å². The van der Waals surface area contributed by atoms with Crippen LogP contribution in [-0.4, -0.2) is 21.5 Å². The predicted molar refractivity (Wildman–Crippen MR) is 123 cm³/mol. The average Bonchev–Trinajstić information content (AvgIpc) is 3.17. The van der Waals surface area contributed by atoms with Gasteiger partial charge in [-0.15, -0.1) is 0 Å². The van der Waals surface area contributed by atoms with Gasteiger partial charge in [0.1, 0.15) is 5.57 Å². The van der Waals surface area contributed by atoms with Crippen LogP contribution in [0, 0.1) is 20.8 Å². The Kier molecular flexibility index (Phi) is 5.10. The predicted octanol–water partition coefficient (Wildman–Crippen LogP) is 4.23. The number of thiocarbonyl (C=S) groups is 1. The van der Waals surface area contributed by atoms with E-state index in [9.17, 15) is 9.59 Å². The average molecular weight is 416 g/mol. The lowest BCUT2D eigenvalue weighted by molar-refractivity contribution is -0.122. The molecule has 1 N–H and O–H groups in total. The van der Waals surface area contributed by atoms with Gasteiger partial charge in [0.2, 0.25) is 0 Å². The standard InChI is InChI=1S/C24H21N3O2S/c1-15-9-11-18(12-10-15)26-13-5-7-19(26)14-20-22(28)25-24(30)27(23(20)29)21-8-4-6-16(2)17(21)3/h4-14H,1-3H3,(H,25,28,30)/b20-14+. The molecule has 0 bridgehead atoms.